The summed E-state index contributed by atoms with van der Waals surface area (Å²) in [6.45, 7) is 2.01. The van der Waals surface area contributed by atoms with E-state index in [0.717, 1.165) is 25.3 Å². The third kappa shape index (κ3) is 2.00. The van der Waals surface area contributed by atoms with Gasteiger partial charge in [0.15, 0.2) is 0 Å². The Kier molecular flexibility index (Phi) is 3.03. The fourth-order valence-corrected chi connectivity index (χ4v) is 2.52. The molecule has 0 aliphatic carbocycles. The van der Waals surface area contributed by atoms with E-state index in [1.54, 1.807) is 7.11 Å². The van der Waals surface area contributed by atoms with Gasteiger partial charge in [0.2, 0.25) is 0 Å². The second kappa shape index (κ2) is 4.83. The van der Waals surface area contributed by atoms with Crippen molar-refractivity contribution in [2.45, 2.75) is 13.0 Å². The summed E-state index contributed by atoms with van der Waals surface area (Å²) in [6, 6.07) is 14.9. The molecule has 1 heterocycles. The van der Waals surface area contributed by atoms with Crippen LogP contribution >= 0.6 is 0 Å². The van der Waals surface area contributed by atoms with E-state index < -0.39 is 0 Å². The Morgan fingerprint density at radius 3 is 2.67 bits per heavy atom. The molecule has 1 aliphatic heterocycles. The zero-order chi connectivity index (χ0) is 12.4. The Balaban J connectivity index is 2.13. The smallest absolute Gasteiger partial charge is 0.126 e. The van der Waals surface area contributed by atoms with Crippen LogP contribution < -0.4 is 10.1 Å². The van der Waals surface area contributed by atoms with Gasteiger partial charge in [-0.05, 0) is 41.8 Å². The highest BCUT2D eigenvalue weighted by Gasteiger charge is 2.14. The summed E-state index contributed by atoms with van der Waals surface area (Å²) in [7, 11) is 1.75. The van der Waals surface area contributed by atoms with Crippen molar-refractivity contribution in [3.05, 3.63) is 53.6 Å². The summed E-state index contributed by atoms with van der Waals surface area (Å²) in [5.41, 5.74) is 5.19. The minimum atomic E-state index is 0.958. The lowest BCUT2D eigenvalue weighted by Crippen LogP contribution is -2.23. The molecule has 3 rings (SSSR count). The number of nitrogens with one attached hydrogen (secondary N) is 1. The van der Waals surface area contributed by atoms with Gasteiger partial charge in [0.05, 0.1) is 7.11 Å². The summed E-state index contributed by atoms with van der Waals surface area (Å²) in [5, 5.41) is 3.42. The first-order valence-electron chi connectivity index (χ1n) is 6.34. The van der Waals surface area contributed by atoms with Gasteiger partial charge >= 0.3 is 0 Å². The lowest BCUT2D eigenvalue weighted by Gasteiger charge is -2.20. The minimum Gasteiger partial charge on any atom is -0.496 e. The molecule has 0 spiro atoms. The SMILES string of the molecule is COc1cc2c(cc1-c1ccccc1)CNCC2. The van der Waals surface area contributed by atoms with E-state index in [-0.39, 0.29) is 0 Å². The normalized spacial score (nSPS) is 14.1. The number of hydrogen-bond acceptors (Lipinski definition) is 2. The molecule has 18 heavy (non-hydrogen) atoms. The van der Waals surface area contributed by atoms with Crippen LogP contribution in [0.2, 0.25) is 0 Å². The van der Waals surface area contributed by atoms with Gasteiger partial charge in [-0.3, -0.25) is 0 Å². The van der Waals surface area contributed by atoms with Crippen LogP contribution in [-0.2, 0) is 13.0 Å². The molecule has 0 unspecified atom stereocenters. The Labute approximate surface area is 108 Å². The predicted molar refractivity (Wildman–Crippen MR) is 73.8 cm³/mol. The van der Waals surface area contributed by atoms with E-state index in [2.05, 4.69) is 41.7 Å². The van der Waals surface area contributed by atoms with Crippen molar-refractivity contribution in [2.24, 2.45) is 0 Å². The van der Waals surface area contributed by atoms with Crippen molar-refractivity contribution in [3.8, 4) is 16.9 Å². The van der Waals surface area contributed by atoms with Crippen molar-refractivity contribution in [1.29, 1.82) is 0 Å². The summed E-state index contributed by atoms with van der Waals surface area (Å²) in [5.74, 6) is 0.974. The van der Waals surface area contributed by atoms with Crippen LogP contribution in [0.4, 0.5) is 0 Å². The van der Waals surface area contributed by atoms with Crippen LogP contribution in [0.3, 0.4) is 0 Å². The quantitative estimate of drug-likeness (QED) is 0.869. The molecule has 0 radical (unpaired) electrons. The predicted octanol–water partition coefficient (Wildman–Crippen LogP) is 3.01. The monoisotopic (exact) mass is 239 g/mol. The summed E-state index contributed by atoms with van der Waals surface area (Å²) in [6.07, 6.45) is 1.08. The van der Waals surface area contributed by atoms with Gasteiger partial charge in [-0.2, -0.15) is 0 Å². The molecule has 0 aromatic heterocycles. The van der Waals surface area contributed by atoms with Crippen molar-refractivity contribution in [1.82, 2.24) is 5.32 Å². The van der Waals surface area contributed by atoms with E-state index in [4.69, 9.17) is 4.74 Å². The molecular formula is C16H17NO. The number of benzene rings is 2. The van der Waals surface area contributed by atoms with Crippen LogP contribution in [-0.4, -0.2) is 13.7 Å². The lowest BCUT2D eigenvalue weighted by molar-refractivity contribution is 0.415. The molecule has 0 atom stereocenters. The van der Waals surface area contributed by atoms with Crippen LogP contribution in [0.15, 0.2) is 42.5 Å². The van der Waals surface area contributed by atoms with E-state index in [1.165, 1.54) is 22.3 Å². The zero-order valence-corrected chi connectivity index (χ0v) is 10.6. The highest BCUT2D eigenvalue weighted by molar-refractivity contribution is 5.72. The maximum absolute atomic E-state index is 5.55. The van der Waals surface area contributed by atoms with E-state index in [0.29, 0.717) is 0 Å². The highest BCUT2D eigenvalue weighted by atomic mass is 16.5. The summed E-state index contributed by atoms with van der Waals surface area (Å²) in [4.78, 5) is 0. The first-order chi connectivity index (χ1) is 8.88. The van der Waals surface area contributed by atoms with Crippen LogP contribution in [0.25, 0.3) is 11.1 Å². The number of ether oxygens (including phenoxy) is 1. The zero-order valence-electron chi connectivity index (χ0n) is 10.6. The molecule has 1 aliphatic rings. The second-order valence-corrected chi connectivity index (χ2v) is 4.61. The van der Waals surface area contributed by atoms with Gasteiger partial charge in [0.25, 0.3) is 0 Å². The topological polar surface area (TPSA) is 21.3 Å². The lowest BCUT2D eigenvalue weighted by atomic mass is 9.94. The first kappa shape index (κ1) is 11.3. The number of hydrogen-bond donors (Lipinski definition) is 1. The molecule has 2 heteroatoms. The van der Waals surface area contributed by atoms with E-state index in [9.17, 15) is 0 Å². The maximum Gasteiger partial charge on any atom is 0.126 e. The molecule has 0 bridgehead atoms. The number of methoxy groups -OCH3 is 1. The minimum absolute atomic E-state index is 0.958. The van der Waals surface area contributed by atoms with Crippen molar-refractivity contribution >= 4 is 0 Å². The molecule has 2 aromatic carbocycles. The third-order valence-corrected chi connectivity index (χ3v) is 3.49. The molecule has 0 amide bonds. The molecule has 2 nitrogen and oxygen atoms in total. The molecule has 0 fully saturated rings. The molecule has 92 valence electrons. The second-order valence-electron chi connectivity index (χ2n) is 4.61. The van der Waals surface area contributed by atoms with Gasteiger partial charge in [0.1, 0.15) is 5.75 Å². The fourth-order valence-electron chi connectivity index (χ4n) is 2.52. The average Bonchev–Trinajstić information content (AvgIpc) is 2.46. The Bertz CT molecular complexity index is 549. The molecular weight excluding hydrogens is 222 g/mol. The van der Waals surface area contributed by atoms with Crippen LogP contribution in [0.5, 0.6) is 5.75 Å². The van der Waals surface area contributed by atoms with Gasteiger partial charge in [-0.15, -0.1) is 0 Å². The first-order valence-corrected chi connectivity index (χ1v) is 6.34. The number of rotatable bonds is 2. The molecule has 1 N–H and O–H groups in total. The van der Waals surface area contributed by atoms with E-state index >= 15 is 0 Å². The van der Waals surface area contributed by atoms with Crippen molar-refractivity contribution in [2.75, 3.05) is 13.7 Å². The maximum atomic E-state index is 5.55. The van der Waals surface area contributed by atoms with Crippen LogP contribution in [0.1, 0.15) is 11.1 Å². The van der Waals surface area contributed by atoms with E-state index in [1.807, 2.05) is 6.07 Å². The largest absolute Gasteiger partial charge is 0.496 e. The Morgan fingerprint density at radius 2 is 1.89 bits per heavy atom. The summed E-state index contributed by atoms with van der Waals surface area (Å²) < 4.78 is 5.55. The van der Waals surface area contributed by atoms with Gasteiger partial charge in [-0.1, -0.05) is 30.3 Å². The third-order valence-electron chi connectivity index (χ3n) is 3.49. The summed E-state index contributed by atoms with van der Waals surface area (Å²) >= 11 is 0. The molecule has 2 aromatic rings. The molecule has 0 saturated heterocycles. The number of fused-ring (bicyclic) bond motifs is 1. The molecule has 0 saturated carbocycles. The Hall–Kier alpha value is -1.80. The highest BCUT2D eigenvalue weighted by Crippen LogP contribution is 2.33. The Morgan fingerprint density at radius 1 is 1.06 bits per heavy atom. The average molecular weight is 239 g/mol. The van der Waals surface area contributed by atoms with Gasteiger partial charge in [-0.25, -0.2) is 0 Å². The van der Waals surface area contributed by atoms with Crippen molar-refractivity contribution in [3.63, 3.8) is 0 Å². The van der Waals surface area contributed by atoms with Crippen molar-refractivity contribution < 1.29 is 4.74 Å². The van der Waals surface area contributed by atoms with Crippen LogP contribution in [0, 0.1) is 0 Å². The standard InChI is InChI=1S/C16H17NO/c1-18-16-10-13-7-8-17-11-14(13)9-15(16)12-5-3-2-4-6-12/h2-6,9-10,17H,7-8,11H2,1H3. The fraction of sp³-hybridized carbons (Fsp3) is 0.250. The van der Waals surface area contributed by atoms with Gasteiger partial charge in [0, 0.05) is 12.1 Å². The van der Waals surface area contributed by atoms with Gasteiger partial charge < -0.3 is 10.1 Å².